The van der Waals surface area contributed by atoms with Crippen LogP contribution in [0, 0.1) is 18.6 Å². The highest BCUT2D eigenvalue weighted by Crippen LogP contribution is 2.34. The quantitative estimate of drug-likeness (QED) is 0.541. The third kappa shape index (κ3) is 3.44. The minimum Gasteiger partial charge on any atom is -0.317 e. The van der Waals surface area contributed by atoms with E-state index in [9.17, 15) is 13.6 Å². The lowest BCUT2D eigenvalue weighted by atomic mass is 9.99. The largest absolute Gasteiger partial charge is 0.317 e. The maximum absolute atomic E-state index is 13.9. The molecular weight excluding hydrogens is 426 g/mol. The Labute approximate surface area is 169 Å². The van der Waals surface area contributed by atoms with Crippen molar-refractivity contribution in [2.24, 2.45) is 0 Å². The molecule has 0 radical (unpaired) electrons. The minimum atomic E-state index is -0.813. The van der Waals surface area contributed by atoms with E-state index in [1.165, 1.54) is 11.6 Å². The molecule has 142 valence electrons. The molecule has 0 aliphatic heterocycles. The lowest BCUT2D eigenvalue weighted by Crippen LogP contribution is -2.17. The highest BCUT2D eigenvalue weighted by Gasteiger charge is 2.21. The number of hydrogen-bond donors (Lipinski definition) is 1. The molecule has 0 atom stereocenters. The van der Waals surface area contributed by atoms with Gasteiger partial charge in [-0.25, -0.2) is 8.78 Å². The van der Waals surface area contributed by atoms with Crippen LogP contribution in [-0.4, -0.2) is 10.9 Å². The summed E-state index contributed by atoms with van der Waals surface area (Å²) in [6.45, 7) is 1.73. The van der Waals surface area contributed by atoms with E-state index in [2.05, 4.69) is 27.3 Å². The van der Waals surface area contributed by atoms with Crippen LogP contribution in [-0.2, 0) is 12.8 Å². The van der Waals surface area contributed by atoms with Crippen molar-refractivity contribution in [1.82, 2.24) is 4.98 Å². The van der Waals surface area contributed by atoms with Crippen LogP contribution in [0.4, 0.5) is 14.5 Å². The number of nitrogens with zero attached hydrogens (tertiary/aromatic N) is 1. The highest BCUT2D eigenvalue weighted by atomic mass is 79.9. The average Bonchev–Trinajstić information content (AvgIpc) is 2.83. The second-order valence-electron chi connectivity index (χ2n) is 6.83. The number of anilines is 1. The number of hydrogen-bond acceptors (Lipinski definition) is 2. The summed E-state index contributed by atoms with van der Waals surface area (Å²) in [5.41, 5.74) is 4.48. The molecular formula is C22H17BrF2N2O. The zero-order valence-electron chi connectivity index (χ0n) is 15.2. The van der Waals surface area contributed by atoms with Gasteiger partial charge in [0.2, 0.25) is 0 Å². The molecule has 0 fully saturated rings. The normalized spacial score (nSPS) is 12.7. The number of para-hydroxylation sites is 1. The molecule has 0 saturated carbocycles. The molecule has 28 heavy (non-hydrogen) atoms. The van der Waals surface area contributed by atoms with Gasteiger partial charge in [-0.3, -0.25) is 9.78 Å². The molecule has 3 nitrogen and oxygen atoms in total. The van der Waals surface area contributed by atoms with E-state index >= 15 is 0 Å². The molecule has 0 saturated heterocycles. The number of rotatable bonds is 2. The number of nitrogens with one attached hydrogen (secondary N) is 1. The lowest BCUT2D eigenvalue weighted by Gasteiger charge is -2.14. The molecule has 4 rings (SSSR count). The van der Waals surface area contributed by atoms with Gasteiger partial charge in [-0.2, -0.15) is 0 Å². The predicted molar refractivity (Wildman–Crippen MR) is 108 cm³/mol. The molecule has 1 amide bonds. The Morgan fingerprint density at radius 1 is 1.07 bits per heavy atom. The number of carbonyl (C=O) groups is 1. The molecule has 1 aliphatic carbocycles. The first-order valence-corrected chi connectivity index (χ1v) is 9.78. The smallest absolute Gasteiger partial charge is 0.257 e. The number of amides is 1. The number of halogens is 3. The number of benzene rings is 2. The Kier molecular flexibility index (Phi) is 4.98. The molecule has 0 unspecified atom stereocenters. The molecule has 0 spiro atoms. The summed E-state index contributed by atoms with van der Waals surface area (Å²) < 4.78 is 28.7. The molecule has 1 aromatic heterocycles. The predicted octanol–water partition coefficient (Wildman–Crippen LogP) is 5.84. The van der Waals surface area contributed by atoms with Gasteiger partial charge in [0.05, 0.1) is 17.0 Å². The number of pyridine rings is 1. The van der Waals surface area contributed by atoms with Gasteiger partial charge in [-0.05, 0) is 67.6 Å². The van der Waals surface area contributed by atoms with Crippen LogP contribution in [0.5, 0.6) is 0 Å². The van der Waals surface area contributed by atoms with Crippen molar-refractivity contribution in [2.75, 3.05) is 5.32 Å². The molecule has 6 heteroatoms. The second-order valence-corrected chi connectivity index (χ2v) is 7.75. The van der Waals surface area contributed by atoms with Crippen LogP contribution in [0.3, 0.4) is 0 Å². The molecule has 1 N–H and O–H groups in total. The van der Waals surface area contributed by atoms with Gasteiger partial charge < -0.3 is 5.32 Å². The van der Waals surface area contributed by atoms with Gasteiger partial charge >= 0.3 is 0 Å². The Balaban J connectivity index is 1.75. The molecule has 1 aliphatic rings. The van der Waals surface area contributed by atoms with E-state index in [0.29, 0.717) is 11.3 Å². The van der Waals surface area contributed by atoms with Crippen molar-refractivity contribution in [3.63, 3.8) is 0 Å². The van der Waals surface area contributed by atoms with E-state index in [1.807, 2.05) is 12.1 Å². The fraction of sp³-hybridized carbons (Fsp3) is 0.182. The number of aromatic nitrogens is 1. The monoisotopic (exact) mass is 442 g/mol. The number of fused-ring (bicyclic) bond motifs is 3. The summed E-state index contributed by atoms with van der Waals surface area (Å²) >= 11 is 3.51. The molecule has 1 heterocycles. The SMILES string of the molecule is Cc1nc2c(cc1C(=O)Nc1c(F)cccc1F)CCCc1ccc(Br)cc1-2. The number of aryl methyl sites for hydroxylation is 3. The Morgan fingerprint density at radius 3 is 2.54 bits per heavy atom. The first-order valence-electron chi connectivity index (χ1n) is 8.98. The van der Waals surface area contributed by atoms with Crippen LogP contribution in [0.2, 0.25) is 0 Å². The van der Waals surface area contributed by atoms with Crippen LogP contribution in [0.1, 0.15) is 33.6 Å². The Bertz CT molecular complexity index is 1080. The van der Waals surface area contributed by atoms with Crippen molar-refractivity contribution >= 4 is 27.5 Å². The zero-order chi connectivity index (χ0) is 19.8. The van der Waals surface area contributed by atoms with Gasteiger partial charge in [-0.1, -0.05) is 28.1 Å². The van der Waals surface area contributed by atoms with Gasteiger partial charge in [0.25, 0.3) is 5.91 Å². The summed E-state index contributed by atoms with van der Waals surface area (Å²) in [4.78, 5) is 17.4. The summed E-state index contributed by atoms with van der Waals surface area (Å²) in [6, 6.07) is 11.4. The van der Waals surface area contributed by atoms with E-state index in [-0.39, 0.29) is 0 Å². The topological polar surface area (TPSA) is 42.0 Å². The molecule has 3 aromatic rings. The summed E-state index contributed by atoms with van der Waals surface area (Å²) in [5.74, 6) is -2.20. The maximum atomic E-state index is 13.9. The third-order valence-corrected chi connectivity index (χ3v) is 5.45. The summed E-state index contributed by atoms with van der Waals surface area (Å²) in [7, 11) is 0. The van der Waals surface area contributed by atoms with Crippen LogP contribution >= 0.6 is 15.9 Å². The van der Waals surface area contributed by atoms with Crippen LogP contribution < -0.4 is 5.32 Å². The van der Waals surface area contributed by atoms with Crippen LogP contribution in [0.25, 0.3) is 11.3 Å². The minimum absolute atomic E-state index is 0.319. The van der Waals surface area contributed by atoms with Crippen molar-refractivity contribution in [3.05, 3.63) is 81.0 Å². The summed E-state index contributed by atoms with van der Waals surface area (Å²) in [5, 5.41) is 2.35. The Hall–Kier alpha value is -2.60. The first-order chi connectivity index (χ1) is 13.4. The van der Waals surface area contributed by atoms with E-state index in [1.54, 1.807) is 13.0 Å². The van der Waals surface area contributed by atoms with E-state index < -0.39 is 23.2 Å². The van der Waals surface area contributed by atoms with Crippen LogP contribution in [0.15, 0.2) is 46.9 Å². The van der Waals surface area contributed by atoms with E-state index in [4.69, 9.17) is 4.98 Å². The van der Waals surface area contributed by atoms with Crippen molar-refractivity contribution in [1.29, 1.82) is 0 Å². The van der Waals surface area contributed by atoms with Gasteiger partial charge in [-0.15, -0.1) is 0 Å². The Morgan fingerprint density at radius 2 is 1.79 bits per heavy atom. The van der Waals surface area contributed by atoms with Gasteiger partial charge in [0.15, 0.2) is 0 Å². The van der Waals surface area contributed by atoms with E-state index in [0.717, 1.165) is 52.7 Å². The third-order valence-electron chi connectivity index (χ3n) is 4.96. The summed E-state index contributed by atoms with van der Waals surface area (Å²) in [6.07, 6.45) is 2.65. The number of carbonyl (C=O) groups excluding carboxylic acids is 1. The molecule has 2 aromatic carbocycles. The maximum Gasteiger partial charge on any atom is 0.257 e. The van der Waals surface area contributed by atoms with Crippen molar-refractivity contribution in [3.8, 4) is 11.3 Å². The van der Waals surface area contributed by atoms with Crippen molar-refractivity contribution in [2.45, 2.75) is 26.2 Å². The van der Waals surface area contributed by atoms with Crippen molar-refractivity contribution < 1.29 is 13.6 Å². The lowest BCUT2D eigenvalue weighted by molar-refractivity contribution is 0.102. The first kappa shape index (κ1) is 18.7. The van der Waals surface area contributed by atoms with Gasteiger partial charge in [0, 0.05) is 10.0 Å². The van der Waals surface area contributed by atoms with Gasteiger partial charge in [0.1, 0.15) is 17.3 Å². The standard InChI is InChI=1S/C22H17BrF2N2O/c1-12-16(22(28)27-21-18(24)6-3-7-19(21)25)10-14-5-2-4-13-8-9-15(23)11-17(13)20(14)26-12/h3,6-11H,2,4-5H2,1H3,(H,27,28). The average molecular weight is 443 g/mol. The highest BCUT2D eigenvalue weighted by molar-refractivity contribution is 9.10. The zero-order valence-corrected chi connectivity index (χ0v) is 16.7. The fourth-order valence-corrected chi connectivity index (χ4v) is 3.92. The molecule has 0 bridgehead atoms. The fourth-order valence-electron chi connectivity index (χ4n) is 3.55. The second kappa shape index (κ2) is 7.43.